The Balaban J connectivity index is 1.38. The van der Waals surface area contributed by atoms with Gasteiger partial charge in [0.15, 0.2) is 0 Å². The second-order valence-electron chi connectivity index (χ2n) is 8.91. The summed E-state index contributed by atoms with van der Waals surface area (Å²) in [7, 11) is 0. The van der Waals surface area contributed by atoms with Crippen LogP contribution in [0.4, 0.5) is 0 Å². The molecule has 2 aliphatic rings. The summed E-state index contributed by atoms with van der Waals surface area (Å²) in [4.78, 5) is 4.46. The van der Waals surface area contributed by atoms with Crippen molar-refractivity contribution >= 4 is 0 Å². The number of hydrogen-bond acceptors (Lipinski definition) is 2. The fourth-order valence-electron chi connectivity index (χ4n) is 5.00. The zero-order chi connectivity index (χ0) is 18.0. The molecule has 1 fully saturated rings. The van der Waals surface area contributed by atoms with E-state index in [0.29, 0.717) is 12.5 Å². The van der Waals surface area contributed by atoms with Gasteiger partial charge in [-0.1, -0.05) is 31.2 Å². The smallest absolute Gasteiger partial charge is 0.0484 e. The van der Waals surface area contributed by atoms with Crippen LogP contribution < -0.4 is 0 Å². The molecule has 1 aromatic heterocycles. The van der Waals surface area contributed by atoms with E-state index in [-0.39, 0.29) is 5.41 Å². The molecule has 4 rings (SSSR count). The summed E-state index contributed by atoms with van der Waals surface area (Å²) in [6.07, 6.45) is 11.5. The summed E-state index contributed by atoms with van der Waals surface area (Å²) in [5.41, 5.74) is 6.01. The average Bonchev–Trinajstić information content (AvgIpc) is 3.09. The Morgan fingerprint density at radius 2 is 2.08 bits per heavy atom. The minimum Gasteiger partial charge on any atom is -0.396 e. The molecule has 1 N–H and O–H groups in total. The third kappa shape index (κ3) is 3.86. The summed E-state index contributed by atoms with van der Waals surface area (Å²) in [5.74, 6) is 1.43. The Labute approximate surface area is 157 Å². The van der Waals surface area contributed by atoms with Crippen LogP contribution in [0.25, 0.3) is 0 Å². The topological polar surface area (TPSA) is 33.1 Å². The van der Waals surface area contributed by atoms with E-state index in [9.17, 15) is 5.11 Å². The lowest BCUT2D eigenvalue weighted by Crippen LogP contribution is -2.17. The lowest BCUT2D eigenvalue weighted by molar-refractivity contribution is 0.147. The van der Waals surface area contributed by atoms with Gasteiger partial charge < -0.3 is 5.11 Å². The second kappa shape index (κ2) is 7.52. The SMILES string of the molecule is C[C@]1(CO)CC[C@H](c2ccc3c(c2)CC[C@@H](CCc2ccccn2)C3)C1. The first kappa shape index (κ1) is 17.7. The minimum absolute atomic E-state index is 0.136. The van der Waals surface area contributed by atoms with Gasteiger partial charge in [0.2, 0.25) is 0 Å². The quantitative estimate of drug-likeness (QED) is 0.816. The highest BCUT2D eigenvalue weighted by molar-refractivity contribution is 5.36. The maximum atomic E-state index is 9.64. The molecule has 0 radical (unpaired) electrons. The molecule has 26 heavy (non-hydrogen) atoms. The third-order valence-corrected chi connectivity index (χ3v) is 6.78. The maximum absolute atomic E-state index is 9.64. The Morgan fingerprint density at radius 3 is 2.85 bits per heavy atom. The van der Waals surface area contributed by atoms with E-state index in [1.54, 1.807) is 11.1 Å². The third-order valence-electron chi connectivity index (χ3n) is 6.78. The summed E-state index contributed by atoms with van der Waals surface area (Å²) < 4.78 is 0. The van der Waals surface area contributed by atoms with Gasteiger partial charge in [-0.25, -0.2) is 0 Å². The molecule has 138 valence electrons. The van der Waals surface area contributed by atoms with Crippen LogP contribution in [0.1, 0.15) is 67.3 Å². The normalized spacial score (nSPS) is 28.1. The number of aliphatic hydroxyl groups excluding tert-OH is 1. The van der Waals surface area contributed by atoms with Crippen molar-refractivity contribution in [3.05, 3.63) is 65.0 Å². The minimum atomic E-state index is 0.136. The molecule has 0 spiro atoms. The summed E-state index contributed by atoms with van der Waals surface area (Å²) in [6, 6.07) is 13.5. The van der Waals surface area contributed by atoms with E-state index in [2.05, 4.69) is 42.2 Å². The molecular weight excluding hydrogens is 318 g/mol. The highest BCUT2D eigenvalue weighted by Gasteiger charge is 2.35. The van der Waals surface area contributed by atoms with E-state index in [1.807, 2.05) is 12.3 Å². The molecule has 1 heterocycles. The zero-order valence-electron chi connectivity index (χ0n) is 16.0. The molecule has 2 heteroatoms. The number of hydrogen-bond donors (Lipinski definition) is 1. The predicted molar refractivity (Wildman–Crippen MR) is 106 cm³/mol. The lowest BCUT2D eigenvalue weighted by Gasteiger charge is -2.26. The first-order valence-corrected chi connectivity index (χ1v) is 10.3. The monoisotopic (exact) mass is 349 g/mol. The number of aryl methyl sites for hydroxylation is 2. The van der Waals surface area contributed by atoms with Crippen molar-refractivity contribution in [1.82, 2.24) is 4.98 Å². The van der Waals surface area contributed by atoms with Crippen molar-refractivity contribution in [3.63, 3.8) is 0 Å². The fraction of sp³-hybridized carbons (Fsp3) is 0.542. The summed E-state index contributed by atoms with van der Waals surface area (Å²) in [6.45, 7) is 2.56. The lowest BCUT2D eigenvalue weighted by atomic mass is 9.79. The fourth-order valence-corrected chi connectivity index (χ4v) is 5.00. The van der Waals surface area contributed by atoms with E-state index >= 15 is 0 Å². The predicted octanol–water partition coefficient (Wildman–Crippen LogP) is 5.09. The Bertz CT molecular complexity index is 741. The molecule has 2 aliphatic carbocycles. The number of nitrogens with zero attached hydrogens (tertiary/aromatic N) is 1. The molecule has 0 amide bonds. The zero-order valence-corrected chi connectivity index (χ0v) is 16.0. The highest BCUT2D eigenvalue weighted by Crippen LogP contribution is 2.46. The molecule has 2 aromatic rings. The largest absolute Gasteiger partial charge is 0.396 e. The van der Waals surface area contributed by atoms with Crippen LogP contribution in [-0.4, -0.2) is 16.7 Å². The van der Waals surface area contributed by atoms with E-state index in [1.165, 1.54) is 43.4 Å². The van der Waals surface area contributed by atoms with Crippen LogP contribution in [0, 0.1) is 11.3 Å². The van der Waals surface area contributed by atoms with Crippen molar-refractivity contribution in [2.24, 2.45) is 11.3 Å². The van der Waals surface area contributed by atoms with Crippen molar-refractivity contribution < 1.29 is 5.11 Å². The van der Waals surface area contributed by atoms with Gasteiger partial charge in [0.05, 0.1) is 0 Å². The maximum Gasteiger partial charge on any atom is 0.0484 e. The highest BCUT2D eigenvalue weighted by atomic mass is 16.3. The van der Waals surface area contributed by atoms with Crippen molar-refractivity contribution in [1.29, 1.82) is 0 Å². The number of pyridine rings is 1. The van der Waals surface area contributed by atoms with Gasteiger partial charge in [-0.05, 0) is 97.4 Å². The van der Waals surface area contributed by atoms with Gasteiger partial charge in [0, 0.05) is 18.5 Å². The Morgan fingerprint density at radius 1 is 1.15 bits per heavy atom. The van der Waals surface area contributed by atoms with Gasteiger partial charge in [-0.15, -0.1) is 0 Å². The van der Waals surface area contributed by atoms with Crippen LogP contribution in [0.5, 0.6) is 0 Å². The molecule has 1 saturated carbocycles. The van der Waals surface area contributed by atoms with Crippen LogP contribution in [0.15, 0.2) is 42.6 Å². The van der Waals surface area contributed by atoms with E-state index in [4.69, 9.17) is 0 Å². The molecule has 3 atom stereocenters. The van der Waals surface area contributed by atoms with Crippen LogP contribution >= 0.6 is 0 Å². The van der Waals surface area contributed by atoms with E-state index < -0.39 is 0 Å². The van der Waals surface area contributed by atoms with E-state index in [0.717, 1.165) is 25.2 Å². The summed E-state index contributed by atoms with van der Waals surface area (Å²) >= 11 is 0. The number of fused-ring (bicyclic) bond motifs is 1. The first-order valence-electron chi connectivity index (χ1n) is 10.3. The van der Waals surface area contributed by atoms with Crippen LogP contribution in [0.2, 0.25) is 0 Å². The molecular formula is C24H31NO. The molecule has 0 aliphatic heterocycles. The van der Waals surface area contributed by atoms with Crippen LogP contribution in [-0.2, 0) is 19.3 Å². The van der Waals surface area contributed by atoms with Gasteiger partial charge in [0.25, 0.3) is 0 Å². The standard InChI is InChI=1S/C24H31NO/c1-24(17-26)12-11-22(16-24)21-9-8-19-14-18(5-7-20(19)15-21)6-10-23-4-2-3-13-25-23/h2-4,8-9,13,15,18,22,26H,5-7,10-12,14,16-17H2,1H3/t18-,22-,24-/m0/s1. The molecule has 0 bridgehead atoms. The molecule has 0 saturated heterocycles. The Kier molecular flexibility index (Phi) is 5.13. The molecule has 2 nitrogen and oxygen atoms in total. The molecule has 1 aromatic carbocycles. The second-order valence-corrected chi connectivity index (χ2v) is 8.91. The van der Waals surface area contributed by atoms with Crippen molar-refractivity contribution in [2.75, 3.05) is 6.61 Å². The Hall–Kier alpha value is -1.67. The number of benzene rings is 1. The van der Waals surface area contributed by atoms with Gasteiger partial charge in [-0.2, -0.15) is 0 Å². The van der Waals surface area contributed by atoms with Gasteiger partial charge >= 0.3 is 0 Å². The van der Waals surface area contributed by atoms with Crippen LogP contribution in [0.3, 0.4) is 0 Å². The number of aromatic nitrogens is 1. The van der Waals surface area contributed by atoms with Gasteiger partial charge in [-0.3, -0.25) is 4.98 Å². The summed E-state index contributed by atoms with van der Waals surface area (Å²) in [5, 5.41) is 9.64. The molecule has 0 unspecified atom stereocenters. The number of aliphatic hydroxyl groups is 1. The van der Waals surface area contributed by atoms with Crippen molar-refractivity contribution in [2.45, 2.75) is 64.2 Å². The van der Waals surface area contributed by atoms with Crippen molar-refractivity contribution in [3.8, 4) is 0 Å². The average molecular weight is 350 g/mol. The number of rotatable bonds is 5. The first-order chi connectivity index (χ1) is 12.6. The van der Waals surface area contributed by atoms with Gasteiger partial charge in [0.1, 0.15) is 0 Å².